The van der Waals surface area contributed by atoms with Crippen LogP contribution in [0, 0.1) is 6.92 Å². The molecule has 20 heavy (non-hydrogen) atoms. The van der Waals surface area contributed by atoms with E-state index in [1.807, 2.05) is 11.3 Å². The van der Waals surface area contributed by atoms with E-state index in [1.54, 1.807) is 0 Å². The monoisotopic (exact) mass is 288 g/mol. The lowest BCUT2D eigenvalue weighted by atomic mass is 10.2. The normalized spacial score (nSPS) is 12.3. The first-order valence-electron chi connectivity index (χ1n) is 7.22. The molecule has 1 aromatic carbocycles. The maximum absolute atomic E-state index is 3.60. The van der Waals surface area contributed by atoms with Crippen molar-refractivity contribution >= 4 is 17.0 Å². The molecule has 0 saturated carbocycles. The Morgan fingerprint density at radius 1 is 1.15 bits per heavy atom. The van der Waals surface area contributed by atoms with E-state index in [0.29, 0.717) is 6.04 Å². The number of nitrogens with zero attached hydrogens (tertiary/aromatic N) is 1. The third-order valence-electron chi connectivity index (χ3n) is 3.51. The molecule has 1 aromatic heterocycles. The van der Waals surface area contributed by atoms with Gasteiger partial charge in [-0.2, -0.15) is 0 Å². The van der Waals surface area contributed by atoms with E-state index in [4.69, 9.17) is 0 Å². The fourth-order valence-corrected chi connectivity index (χ4v) is 3.14. The van der Waals surface area contributed by atoms with E-state index in [-0.39, 0.29) is 0 Å². The summed E-state index contributed by atoms with van der Waals surface area (Å²) in [4.78, 5) is 5.12. The molecule has 108 valence electrons. The molecule has 0 radical (unpaired) electrons. The molecule has 0 bridgehead atoms. The Hall–Kier alpha value is -1.32. The summed E-state index contributed by atoms with van der Waals surface area (Å²) in [5.41, 5.74) is 1.29. The number of anilines is 1. The second kappa shape index (κ2) is 7.46. The average molecular weight is 288 g/mol. The van der Waals surface area contributed by atoms with Crippen molar-refractivity contribution in [2.75, 3.05) is 25.0 Å². The molecule has 0 aliphatic carbocycles. The van der Waals surface area contributed by atoms with Gasteiger partial charge in [0.15, 0.2) is 0 Å². The van der Waals surface area contributed by atoms with Gasteiger partial charge in [0, 0.05) is 35.1 Å². The summed E-state index contributed by atoms with van der Waals surface area (Å²) in [6.07, 6.45) is 1.15. The summed E-state index contributed by atoms with van der Waals surface area (Å²) < 4.78 is 0. The van der Waals surface area contributed by atoms with E-state index >= 15 is 0 Å². The van der Waals surface area contributed by atoms with Crippen LogP contribution in [0.1, 0.15) is 29.1 Å². The molecule has 0 aliphatic heterocycles. The number of thiophene rings is 1. The van der Waals surface area contributed by atoms with Gasteiger partial charge in [-0.3, -0.25) is 0 Å². The molecule has 0 fully saturated rings. The molecule has 2 aromatic rings. The molecule has 0 saturated heterocycles. The Morgan fingerprint density at radius 2 is 1.90 bits per heavy atom. The summed E-state index contributed by atoms with van der Waals surface area (Å²) in [6.45, 7) is 6.53. The topological polar surface area (TPSA) is 15.3 Å². The van der Waals surface area contributed by atoms with Gasteiger partial charge in [-0.1, -0.05) is 18.2 Å². The molecule has 2 rings (SSSR count). The highest BCUT2D eigenvalue weighted by molar-refractivity contribution is 7.12. The average Bonchev–Trinajstić information content (AvgIpc) is 2.91. The SMILES string of the molecule is Cc1ccc(C(C)NCCCN(C)c2ccccc2)s1. The zero-order valence-corrected chi connectivity index (χ0v) is 13.4. The van der Waals surface area contributed by atoms with E-state index in [0.717, 1.165) is 19.5 Å². The van der Waals surface area contributed by atoms with Crippen molar-refractivity contribution in [1.29, 1.82) is 0 Å². The van der Waals surface area contributed by atoms with Crippen molar-refractivity contribution in [3.05, 3.63) is 52.2 Å². The van der Waals surface area contributed by atoms with Crippen LogP contribution in [-0.4, -0.2) is 20.1 Å². The summed E-state index contributed by atoms with van der Waals surface area (Å²) >= 11 is 1.88. The number of hydrogen-bond acceptors (Lipinski definition) is 3. The summed E-state index contributed by atoms with van der Waals surface area (Å²) in [5, 5.41) is 3.60. The minimum Gasteiger partial charge on any atom is -0.375 e. The second-order valence-corrected chi connectivity index (χ2v) is 6.55. The maximum atomic E-state index is 3.60. The Bertz CT molecular complexity index is 507. The number of aryl methyl sites for hydroxylation is 1. The smallest absolute Gasteiger partial charge is 0.0386 e. The zero-order valence-electron chi connectivity index (χ0n) is 12.6. The Balaban J connectivity index is 1.69. The Morgan fingerprint density at radius 3 is 2.55 bits per heavy atom. The predicted molar refractivity (Wildman–Crippen MR) is 89.8 cm³/mol. The van der Waals surface area contributed by atoms with E-state index in [1.165, 1.54) is 15.4 Å². The second-order valence-electron chi connectivity index (χ2n) is 5.23. The Labute approximate surface area is 126 Å². The van der Waals surface area contributed by atoms with E-state index in [9.17, 15) is 0 Å². The summed E-state index contributed by atoms with van der Waals surface area (Å²) in [6, 6.07) is 15.4. The van der Waals surface area contributed by atoms with Gasteiger partial charge in [0.25, 0.3) is 0 Å². The molecular weight excluding hydrogens is 264 g/mol. The molecule has 1 atom stereocenters. The van der Waals surface area contributed by atoms with Gasteiger partial charge < -0.3 is 10.2 Å². The van der Waals surface area contributed by atoms with Crippen LogP contribution in [0.15, 0.2) is 42.5 Å². The zero-order chi connectivity index (χ0) is 14.4. The molecule has 0 aliphatic rings. The molecule has 3 heteroatoms. The number of hydrogen-bond donors (Lipinski definition) is 1. The van der Waals surface area contributed by atoms with Crippen molar-refractivity contribution in [2.45, 2.75) is 26.3 Å². The maximum Gasteiger partial charge on any atom is 0.0386 e. The van der Waals surface area contributed by atoms with Crippen LogP contribution in [-0.2, 0) is 0 Å². The van der Waals surface area contributed by atoms with Crippen LogP contribution < -0.4 is 10.2 Å². The quantitative estimate of drug-likeness (QED) is 0.767. The first kappa shape index (κ1) is 15.1. The number of para-hydroxylation sites is 1. The van der Waals surface area contributed by atoms with Gasteiger partial charge in [-0.15, -0.1) is 11.3 Å². The lowest BCUT2D eigenvalue weighted by molar-refractivity contribution is 0.565. The summed E-state index contributed by atoms with van der Waals surface area (Å²) in [7, 11) is 2.15. The summed E-state index contributed by atoms with van der Waals surface area (Å²) in [5.74, 6) is 0. The van der Waals surface area contributed by atoms with Crippen LogP contribution in [0.4, 0.5) is 5.69 Å². The van der Waals surface area contributed by atoms with Gasteiger partial charge in [0.05, 0.1) is 0 Å². The molecular formula is C17H24N2S. The van der Waals surface area contributed by atoms with Crippen molar-refractivity contribution in [3.8, 4) is 0 Å². The van der Waals surface area contributed by atoms with E-state index < -0.39 is 0 Å². The van der Waals surface area contributed by atoms with Gasteiger partial charge in [-0.25, -0.2) is 0 Å². The first-order chi connectivity index (χ1) is 9.66. The fourth-order valence-electron chi connectivity index (χ4n) is 2.23. The molecule has 1 unspecified atom stereocenters. The minimum atomic E-state index is 0.454. The fraction of sp³-hybridized carbons (Fsp3) is 0.412. The third-order valence-corrected chi connectivity index (χ3v) is 4.69. The van der Waals surface area contributed by atoms with Crippen molar-refractivity contribution < 1.29 is 0 Å². The number of rotatable bonds is 7. The van der Waals surface area contributed by atoms with Crippen molar-refractivity contribution in [3.63, 3.8) is 0 Å². The van der Waals surface area contributed by atoms with Crippen LogP contribution in [0.25, 0.3) is 0 Å². The van der Waals surface area contributed by atoms with Gasteiger partial charge in [0.2, 0.25) is 0 Å². The van der Waals surface area contributed by atoms with Crippen LogP contribution in [0.3, 0.4) is 0 Å². The number of benzene rings is 1. The minimum absolute atomic E-state index is 0.454. The van der Waals surface area contributed by atoms with Gasteiger partial charge >= 0.3 is 0 Å². The van der Waals surface area contributed by atoms with Crippen LogP contribution in [0.2, 0.25) is 0 Å². The highest BCUT2D eigenvalue weighted by atomic mass is 32.1. The predicted octanol–water partition coefficient (Wildman–Crippen LogP) is 4.23. The van der Waals surface area contributed by atoms with Crippen LogP contribution >= 0.6 is 11.3 Å². The van der Waals surface area contributed by atoms with Gasteiger partial charge in [0.1, 0.15) is 0 Å². The Kier molecular flexibility index (Phi) is 5.62. The molecule has 2 nitrogen and oxygen atoms in total. The van der Waals surface area contributed by atoms with Crippen LogP contribution in [0.5, 0.6) is 0 Å². The largest absolute Gasteiger partial charge is 0.375 e. The standard InChI is InChI=1S/C17H24N2S/c1-14-10-11-17(20-14)15(2)18-12-7-13-19(3)16-8-5-4-6-9-16/h4-6,8-11,15,18H,7,12-13H2,1-3H3. The molecule has 0 spiro atoms. The molecule has 1 heterocycles. The number of nitrogens with one attached hydrogen (secondary N) is 1. The van der Waals surface area contributed by atoms with Crippen molar-refractivity contribution in [2.24, 2.45) is 0 Å². The van der Waals surface area contributed by atoms with Gasteiger partial charge in [-0.05, 0) is 51.1 Å². The third kappa shape index (κ3) is 4.36. The van der Waals surface area contributed by atoms with E-state index in [2.05, 4.69) is 73.6 Å². The lowest BCUT2D eigenvalue weighted by Gasteiger charge is -2.20. The lowest BCUT2D eigenvalue weighted by Crippen LogP contribution is -2.25. The van der Waals surface area contributed by atoms with Crippen molar-refractivity contribution in [1.82, 2.24) is 5.32 Å². The highest BCUT2D eigenvalue weighted by Crippen LogP contribution is 2.22. The highest BCUT2D eigenvalue weighted by Gasteiger charge is 2.06. The first-order valence-corrected chi connectivity index (χ1v) is 8.04. The molecule has 0 amide bonds. The molecule has 1 N–H and O–H groups in total.